The molecule has 3 heteroatoms. The molecule has 1 aliphatic heterocycles. The Morgan fingerprint density at radius 1 is 1.21 bits per heavy atom. The fourth-order valence-corrected chi connectivity index (χ4v) is 7.27. The normalized spacial score (nSPS) is 23.5. The van der Waals surface area contributed by atoms with E-state index in [1.807, 2.05) is 0 Å². The van der Waals surface area contributed by atoms with Gasteiger partial charge in [0.1, 0.15) is 0 Å². The van der Waals surface area contributed by atoms with E-state index in [1.165, 1.54) is 0 Å². The zero-order valence-electron chi connectivity index (χ0n) is 10.8. The van der Waals surface area contributed by atoms with Gasteiger partial charge in [0.2, 0.25) is 0 Å². The summed E-state index contributed by atoms with van der Waals surface area (Å²) in [6.45, 7) is 9.98. The molecule has 0 spiro atoms. The molecule has 1 heterocycles. The maximum atomic E-state index is 2.52. The molecule has 0 saturated heterocycles. The molecule has 0 fully saturated rings. The van der Waals surface area contributed by atoms with Gasteiger partial charge in [0.15, 0.2) is 0 Å². The van der Waals surface area contributed by atoms with Crippen molar-refractivity contribution in [1.29, 1.82) is 0 Å². The van der Waals surface area contributed by atoms with E-state index < -0.39 is 13.3 Å². The van der Waals surface area contributed by atoms with Crippen LogP contribution in [0.5, 0.6) is 0 Å². The Bertz CT molecular complexity index is 213. The van der Waals surface area contributed by atoms with Gasteiger partial charge in [-0.15, -0.1) is 0 Å². The van der Waals surface area contributed by atoms with Crippen molar-refractivity contribution in [2.75, 3.05) is 0 Å². The van der Waals surface area contributed by atoms with E-state index >= 15 is 0 Å². The van der Waals surface area contributed by atoms with Crippen molar-refractivity contribution in [2.24, 2.45) is 0 Å². The van der Waals surface area contributed by atoms with Gasteiger partial charge in [0.25, 0.3) is 0 Å². The predicted octanol–water partition coefficient (Wildman–Crippen LogP) is 3.48. The van der Waals surface area contributed by atoms with Gasteiger partial charge in [-0.05, 0) is 0 Å². The van der Waals surface area contributed by atoms with Gasteiger partial charge in [-0.1, -0.05) is 0 Å². The average Bonchev–Trinajstić information content (AvgIpc) is 2.26. The molecule has 0 radical (unpaired) electrons. The zero-order valence-corrected chi connectivity index (χ0v) is 12.9. The summed E-state index contributed by atoms with van der Waals surface area (Å²) in [6.07, 6.45) is 4.78. The molecule has 0 aromatic heterocycles. The van der Waals surface area contributed by atoms with Gasteiger partial charge in [0, 0.05) is 0 Å². The molecule has 0 aromatic rings. The van der Waals surface area contributed by atoms with Crippen LogP contribution in [0.3, 0.4) is 0 Å². The van der Waals surface area contributed by atoms with Crippen molar-refractivity contribution in [3.8, 4) is 0 Å². The number of nitrogens with zero attached hydrogens (tertiary/aromatic N) is 1. The van der Waals surface area contributed by atoms with Crippen molar-refractivity contribution >= 4 is 20.1 Å². The summed E-state index contributed by atoms with van der Waals surface area (Å²) in [5, 5.41) is 0. The van der Waals surface area contributed by atoms with Crippen LogP contribution in [0.2, 0.25) is 28.7 Å². The quantitative estimate of drug-likeness (QED) is 0.647. The molecule has 1 nitrogen and oxygen atoms in total. The number of rotatable bonds is 1. The Morgan fingerprint density at radius 3 is 1.93 bits per heavy atom. The Morgan fingerprint density at radius 2 is 1.71 bits per heavy atom. The summed E-state index contributed by atoms with van der Waals surface area (Å²) < 4.78 is 0.856. The van der Waals surface area contributed by atoms with Crippen molar-refractivity contribution in [3.05, 3.63) is 12.3 Å². The van der Waals surface area contributed by atoms with Crippen molar-refractivity contribution < 1.29 is 0 Å². The second-order valence-corrected chi connectivity index (χ2v) is 17.9. The monoisotopic (exact) mass is 255 g/mol. The summed E-state index contributed by atoms with van der Waals surface area (Å²) in [5.41, 5.74) is 0.276. The molecule has 1 aliphatic rings. The second kappa shape index (κ2) is 3.62. The number of hydrogen-bond donors (Lipinski definition) is 0. The summed E-state index contributed by atoms with van der Waals surface area (Å²) in [5.74, 6) is 7.53. The molecular weight excluding hydrogens is 230 g/mol. The van der Waals surface area contributed by atoms with Crippen LogP contribution in [0, 0.1) is 0 Å². The molecule has 1 rings (SSSR count). The van der Waals surface area contributed by atoms with Gasteiger partial charge >= 0.3 is 92.3 Å². The summed E-state index contributed by atoms with van der Waals surface area (Å²) in [6, 6.07) is 0. The topological polar surface area (TPSA) is 3.24 Å². The fraction of sp³-hybridized carbons (Fsp3) is 0.818. The molecule has 80 valence electrons. The van der Waals surface area contributed by atoms with E-state index in [2.05, 4.69) is 61.9 Å². The maximum absolute atomic E-state index is 2.52. The van der Waals surface area contributed by atoms with Gasteiger partial charge in [-0.25, -0.2) is 0 Å². The van der Waals surface area contributed by atoms with Crippen LogP contribution < -0.4 is 0 Å². The van der Waals surface area contributed by atoms with Crippen LogP contribution in [0.1, 0.15) is 20.8 Å². The third-order valence-electron chi connectivity index (χ3n) is 3.19. The minimum atomic E-state index is -1.53. The number of hydrogen-bond acceptors (Lipinski definition) is 1. The standard InChI is InChI=1S/C11H24BGeN/c1-11(2,3)14-9-8-10(12(14)4)13(5,6)7/h8-10H,1-7H3/t10-/m1/s1. The predicted molar refractivity (Wildman–Crippen MR) is 69.4 cm³/mol. The SMILES string of the molecule is CB1[C@H]([Ge]([CH3])([CH3])[CH3])C=CN1C(C)(C)C. The van der Waals surface area contributed by atoms with Crippen LogP contribution in [0.4, 0.5) is 0 Å². The molecule has 0 aromatic carbocycles. The van der Waals surface area contributed by atoms with E-state index in [0.29, 0.717) is 6.85 Å². The van der Waals surface area contributed by atoms with E-state index in [-0.39, 0.29) is 5.54 Å². The van der Waals surface area contributed by atoms with E-state index in [9.17, 15) is 0 Å². The Balaban J connectivity index is 2.81. The average molecular weight is 254 g/mol. The molecule has 0 aliphatic carbocycles. The van der Waals surface area contributed by atoms with Gasteiger partial charge in [-0.3, -0.25) is 0 Å². The minimum absolute atomic E-state index is 0.276. The van der Waals surface area contributed by atoms with Crippen molar-refractivity contribution in [1.82, 2.24) is 4.81 Å². The van der Waals surface area contributed by atoms with E-state index in [4.69, 9.17) is 0 Å². The first kappa shape index (κ1) is 12.2. The molecule has 1 atom stereocenters. The molecule has 0 bridgehead atoms. The van der Waals surface area contributed by atoms with Gasteiger partial charge < -0.3 is 0 Å². The molecule has 0 saturated carbocycles. The van der Waals surface area contributed by atoms with Crippen LogP contribution in [-0.2, 0) is 0 Å². The third kappa shape index (κ3) is 2.39. The molecule has 0 unspecified atom stereocenters. The summed E-state index contributed by atoms with van der Waals surface area (Å²) >= 11 is -1.53. The van der Waals surface area contributed by atoms with Crippen LogP contribution >= 0.6 is 0 Å². The first-order valence-electron chi connectivity index (χ1n) is 5.61. The van der Waals surface area contributed by atoms with Crippen LogP contribution in [0.15, 0.2) is 12.3 Å². The van der Waals surface area contributed by atoms with E-state index in [1.54, 1.807) is 0 Å². The summed E-state index contributed by atoms with van der Waals surface area (Å²) in [7, 11) is 0. The first-order chi connectivity index (χ1) is 6.14. The Labute approximate surface area is 92.4 Å². The molecule has 0 amide bonds. The molecular formula is C11H24BGeN. The molecule has 14 heavy (non-hydrogen) atoms. The van der Waals surface area contributed by atoms with Gasteiger partial charge in [-0.2, -0.15) is 0 Å². The van der Waals surface area contributed by atoms with Crippen LogP contribution in [-0.4, -0.2) is 30.5 Å². The van der Waals surface area contributed by atoms with Crippen LogP contribution in [0.25, 0.3) is 0 Å². The Kier molecular flexibility index (Phi) is 3.16. The zero-order chi connectivity index (χ0) is 11.1. The van der Waals surface area contributed by atoms with Gasteiger partial charge in [0.05, 0.1) is 0 Å². The van der Waals surface area contributed by atoms with E-state index in [0.717, 1.165) is 4.65 Å². The Hall–Kier alpha value is 0.148. The summed E-state index contributed by atoms with van der Waals surface area (Å²) in [4.78, 5) is 2.52. The van der Waals surface area contributed by atoms with Crippen molar-refractivity contribution in [3.63, 3.8) is 0 Å². The number of allylic oxidation sites excluding steroid dienone is 1. The fourth-order valence-electron chi connectivity index (χ4n) is 2.50. The van der Waals surface area contributed by atoms with Crippen molar-refractivity contribution in [2.45, 2.75) is 55.1 Å². The first-order valence-corrected chi connectivity index (χ1v) is 13.1. The second-order valence-electron chi connectivity index (χ2n) is 6.55. The third-order valence-corrected chi connectivity index (χ3v) is 8.80. The molecule has 0 N–H and O–H groups in total.